The van der Waals surface area contributed by atoms with Crippen LogP contribution in [0.4, 0.5) is 0 Å². The van der Waals surface area contributed by atoms with Crippen LogP contribution in [-0.4, -0.2) is 60.6 Å². The molecule has 0 unspecified atom stereocenters. The van der Waals surface area contributed by atoms with Gasteiger partial charge in [0.15, 0.2) is 5.88 Å². The second-order valence-electron chi connectivity index (χ2n) is 5.28. The zero-order valence-electron chi connectivity index (χ0n) is 12.1. The Kier molecular flexibility index (Phi) is 4.52. The maximum atomic E-state index is 9.93. The number of nitrogens with one attached hydrogen (secondary N) is 1. The Morgan fingerprint density at radius 3 is 2.95 bits per heavy atom. The fraction of sp³-hybridized carbons (Fsp3) is 0.438. The van der Waals surface area contributed by atoms with Crippen molar-refractivity contribution >= 4 is 17.1 Å². The van der Waals surface area contributed by atoms with E-state index in [0.717, 1.165) is 62.3 Å². The molecule has 21 heavy (non-hydrogen) atoms. The van der Waals surface area contributed by atoms with E-state index in [-0.39, 0.29) is 5.88 Å². The van der Waals surface area contributed by atoms with Crippen LogP contribution in [0.15, 0.2) is 29.3 Å². The number of H-pyrrole nitrogens is 1. The lowest BCUT2D eigenvalue weighted by Gasteiger charge is -2.26. The van der Waals surface area contributed by atoms with E-state index < -0.39 is 0 Å². The Morgan fingerprint density at radius 1 is 1.29 bits per heavy atom. The molecule has 2 N–H and O–H groups in total. The van der Waals surface area contributed by atoms with Gasteiger partial charge in [0.05, 0.1) is 18.8 Å². The summed E-state index contributed by atoms with van der Waals surface area (Å²) in [5, 5.41) is 10.9. The summed E-state index contributed by atoms with van der Waals surface area (Å²) in [6, 6.07) is 7.85. The van der Waals surface area contributed by atoms with Crippen molar-refractivity contribution in [1.82, 2.24) is 9.88 Å². The molecule has 0 saturated carbocycles. The van der Waals surface area contributed by atoms with Crippen LogP contribution in [0.25, 0.3) is 10.9 Å². The van der Waals surface area contributed by atoms with Gasteiger partial charge < -0.3 is 14.8 Å². The number of benzene rings is 1. The van der Waals surface area contributed by atoms with Crippen molar-refractivity contribution in [1.29, 1.82) is 0 Å². The van der Waals surface area contributed by atoms with E-state index in [9.17, 15) is 5.11 Å². The number of morpholine rings is 1. The zero-order chi connectivity index (χ0) is 14.5. The van der Waals surface area contributed by atoms with Crippen molar-refractivity contribution in [2.24, 2.45) is 4.99 Å². The number of aliphatic imine (C=N–C) groups is 1. The van der Waals surface area contributed by atoms with Crippen LogP contribution in [0, 0.1) is 0 Å². The molecule has 2 aromatic rings. The van der Waals surface area contributed by atoms with Gasteiger partial charge in [0.1, 0.15) is 0 Å². The molecule has 1 aliphatic heterocycles. The Bertz CT molecular complexity index is 615. The number of fused-ring (bicyclic) bond motifs is 1. The van der Waals surface area contributed by atoms with Crippen LogP contribution in [0.2, 0.25) is 0 Å². The molecule has 5 heteroatoms. The van der Waals surface area contributed by atoms with Gasteiger partial charge >= 0.3 is 0 Å². The van der Waals surface area contributed by atoms with Crippen molar-refractivity contribution in [3.05, 3.63) is 29.8 Å². The van der Waals surface area contributed by atoms with Gasteiger partial charge in [0.2, 0.25) is 0 Å². The number of hydrogen-bond acceptors (Lipinski definition) is 4. The molecule has 3 rings (SSSR count). The molecular formula is C16H21N3O2. The minimum atomic E-state index is 0.188. The van der Waals surface area contributed by atoms with Gasteiger partial charge in [-0.3, -0.25) is 9.89 Å². The third-order valence-corrected chi connectivity index (χ3v) is 3.81. The Hall–Kier alpha value is -1.85. The second-order valence-corrected chi connectivity index (χ2v) is 5.28. The van der Waals surface area contributed by atoms with Gasteiger partial charge in [-0.25, -0.2) is 0 Å². The molecule has 0 radical (unpaired) electrons. The molecule has 0 aliphatic carbocycles. The van der Waals surface area contributed by atoms with Crippen molar-refractivity contribution in [3.63, 3.8) is 0 Å². The van der Waals surface area contributed by atoms with Crippen LogP contribution in [-0.2, 0) is 4.74 Å². The first-order valence-electron chi connectivity index (χ1n) is 7.44. The molecule has 0 amide bonds. The van der Waals surface area contributed by atoms with Gasteiger partial charge in [0.25, 0.3) is 0 Å². The summed E-state index contributed by atoms with van der Waals surface area (Å²) in [7, 11) is 0. The lowest BCUT2D eigenvalue weighted by atomic mass is 10.2. The van der Waals surface area contributed by atoms with Gasteiger partial charge in [-0.1, -0.05) is 18.2 Å². The Labute approximate surface area is 124 Å². The lowest BCUT2D eigenvalue weighted by Crippen LogP contribution is -2.37. The molecule has 1 aromatic carbocycles. The first kappa shape index (κ1) is 14.1. The minimum absolute atomic E-state index is 0.188. The van der Waals surface area contributed by atoms with Gasteiger partial charge in [-0.15, -0.1) is 0 Å². The number of aromatic nitrogens is 1. The second kappa shape index (κ2) is 6.74. The highest BCUT2D eigenvalue weighted by Gasteiger charge is 2.09. The topological polar surface area (TPSA) is 60.8 Å². The largest absolute Gasteiger partial charge is 0.494 e. The summed E-state index contributed by atoms with van der Waals surface area (Å²) < 4.78 is 5.33. The summed E-state index contributed by atoms with van der Waals surface area (Å²) in [5.41, 5.74) is 1.71. The Balaban J connectivity index is 1.54. The number of rotatable bonds is 5. The lowest BCUT2D eigenvalue weighted by molar-refractivity contribution is 0.0377. The number of ether oxygens (including phenoxy) is 1. The average Bonchev–Trinajstić information content (AvgIpc) is 2.84. The van der Waals surface area contributed by atoms with Gasteiger partial charge in [-0.2, -0.15) is 0 Å². The molecule has 1 aromatic heterocycles. The van der Waals surface area contributed by atoms with Crippen LogP contribution in [0.1, 0.15) is 12.0 Å². The average molecular weight is 287 g/mol. The van der Waals surface area contributed by atoms with Gasteiger partial charge in [0, 0.05) is 43.3 Å². The van der Waals surface area contributed by atoms with Crippen molar-refractivity contribution in [3.8, 4) is 5.88 Å². The SMILES string of the molecule is Oc1[nH]c2ccccc2c1C=NCCCN1CCOCC1. The van der Waals surface area contributed by atoms with E-state index in [1.807, 2.05) is 24.3 Å². The first-order valence-corrected chi connectivity index (χ1v) is 7.44. The van der Waals surface area contributed by atoms with E-state index in [0.29, 0.717) is 0 Å². The van der Waals surface area contributed by atoms with E-state index in [2.05, 4.69) is 14.9 Å². The quantitative estimate of drug-likeness (QED) is 0.653. The highest BCUT2D eigenvalue weighted by atomic mass is 16.5. The normalized spacial score (nSPS) is 17.0. The molecule has 0 spiro atoms. The van der Waals surface area contributed by atoms with Crippen molar-refractivity contribution < 1.29 is 9.84 Å². The number of aromatic hydroxyl groups is 1. The van der Waals surface area contributed by atoms with Gasteiger partial charge in [-0.05, 0) is 12.5 Å². The molecule has 1 fully saturated rings. The summed E-state index contributed by atoms with van der Waals surface area (Å²) in [6.45, 7) is 5.55. The predicted octanol–water partition coefficient (Wildman–Crippen LogP) is 2.01. The number of nitrogens with zero attached hydrogens (tertiary/aromatic N) is 2. The van der Waals surface area contributed by atoms with Crippen molar-refractivity contribution in [2.45, 2.75) is 6.42 Å². The first-order chi connectivity index (χ1) is 10.3. The molecule has 1 aliphatic rings. The third kappa shape index (κ3) is 3.43. The third-order valence-electron chi connectivity index (χ3n) is 3.81. The van der Waals surface area contributed by atoms with Crippen LogP contribution in [0.3, 0.4) is 0 Å². The molecular weight excluding hydrogens is 266 g/mol. The summed E-state index contributed by atoms with van der Waals surface area (Å²) in [4.78, 5) is 9.81. The summed E-state index contributed by atoms with van der Waals surface area (Å²) in [6.07, 6.45) is 2.80. The van der Waals surface area contributed by atoms with E-state index in [4.69, 9.17) is 4.74 Å². The van der Waals surface area contributed by atoms with E-state index in [1.54, 1.807) is 6.21 Å². The zero-order valence-corrected chi connectivity index (χ0v) is 12.1. The number of para-hydroxylation sites is 1. The Morgan fingerprint density at radius 2 is 2.10 bits per heavy atom. The fourth-order valence-corrected chi connectivity index (χ4v) is 2.65. The molecule has 5 nitrogen and oxygen atoms in total. The van der Waals surface area contributed by atoms with Crippen LogP contribution >= 0.6 is 0 Å². The van der Waals surface area contributed by atoms with Crippen molar-refractivity contribution in [2.75, 3.05) is 39.4 Å². The highest BCUT2D eigenvalue weighted by molar-refractivity contribution is 6.01. The number of hydrogen-bond donors (Lipinski definition) is 2. The highest BCUT2D eigenvalue weighted by Crippen LogP contribution is 2.24. The standard InChI is InChI=1S/C16H21N3O2/c20-16-14(13-4-1-2-5-15(13)18-16)12-17-6-3-7-19-8-10-21-11-9-19/h1-2,4-5,12,18,20H,3,6-11H2. The maximum absolute atomic E-state index is 9.93. The summed E-state index contributed by atoms with van der Waals surface area (Å²) >= 11 is 0. The van der Waals surface area contributed by atoms with Crippen LogP contribution in [0.5, 0.6) is 5.88 Å². The van der Waals surface area contributed by atoms with Crippen LogP contribution < -0.4 is 0 Å². The molecule has 0 bridgehead atoms. The summed E-state index contributed by atoms with van der Waals surface area (Å²) in [5.74, 6) is 0.188. The number of aromatic amines is 1. The predicted molar refractivity (Wildman–Crippen MR) is 84.3 cm³/mol. The molecule has 112 valence electrons. The molecule has 2 heterocycles. The molecule has 1 saturated heterocycles. The maximum Gasteiger partial charge on any atom is 0.198 e. The monoisotopic (exact) mass is 287 g/mol. The smallest absolute Gasteiger partial charge is 0.198 e. The van der Waals surface area contributed by atoms with E-state index >= 15 is 0 Å². The molecule has 0 atom stereocenters. The fourth-order valence-electron chi connectivity index (χ4n) is 2.65. The van der Waals surface area contributed by atoms with E-state index in [1.165, 1.54) is 0 Å². The minimum Gasteiger partial charge on any atom is -0.494 e.